The van der Waals surface area contributed by atoms with Crippen LogP contribution in [-0.4, -0.2) is 42.4 Å². The lowest BCUT2D eigenvalue weighted by molar-refractivity contribution is -0.129. The molecule has 1 saturated heterocycles. The van der Waals surface area contributed by atoms with Crippen LogP contribution in [-0.2, 0) is 9.59 Å². The summed E-state index contributed by atoms with van der Waals surface area (Å²) < 4.78 is 0. The van der Waals surface area contributed by atoms with E-state index in [1.54, 1.807) is 7.05 Å². The zero-order chi connectivity index (χ0) is 11.4. The smallest absolute Gasteiger partial charge is 0.237 e. The first kappa shape index (κ1) is 12.0. The molecule has 1 aliphatic rings. The second-order valence-corrected chi connectivity index (χ2v) is 3.84. The fourth-order valence-corrected chi connectivity index (χ4v) is 2.21. The number of carbonyl (C=O) groups excluding carboxylic acids is 2. The van der Waals surface area contributed by atoms with Gasteiger partial charge in [0.15, 0.2) is 0 Å². The lowest BCUT2D eigenvalue weighted by atomic mass is 10.1. The van der Waals surface area contributed by atoms with E-state index in [2.05, 4.69) is 5.32 Å². The molecule has 0 saturated carbocycles. The van der Waals surface area contributed by atoms with Crippen LogP contribution in [0.5, 0.6) is 0 Å². The van der Waals surface area contributed by atoms with Crippen LogP contribution < -0.4 is 11.1 Å². The Kier molecular flexibility index (Phi) is 4.08. The molecular formula is C10H19N3O2. The zero-order valence-corrected chi connectivity index (χ0v) is 9.32. The number of rotatable bonds is 4. The Hall–Kier alpha value is -1.10. The van der Waals surface area contributed by atoms with Gasteiger partial charge in [-0.15, -0.1) is 0 Å². The van der Waals surface area contributed by atoms with Crippen LogP contribution in [0.4, 0.5) is 0 Å². The maximum absolute atomic E-state index is 11.6. The standard InChI is InChI=1S/C10H19N3O2/c1-3-7(9(11)14)13-6-4-5-8(13)10(15)12-2/h7-8H,3-6H2,1-2H3,(H2,11,14)(H,12,15). The van der Waals surface area contributed by atoms with Crippen molar-refractivity contribution in [2.45, 2.75) is 38.3 Å². The molecule has 0 bridgehead atoms. The summed E-state index contributed by atoms with van der Waals surface area (Å²) in [6, 6.07) is -0.498. The van der Waals surface area contributed by atoms with Crippen LogP contribution in [0, 0.1) is 0 Å². The van der Waals surface area contributed by atoms with Gasteiger partial charge in [-0.25, -0.2) is 0 Å². The Balaban J connectivity index is 2.74. The monoisotopic (exact) mass is 213 g/mol. The van der Waals surface area contributed by atoms with E-state index in [1.807, 2.05) is 11.8 Å². The third-order valence-electron chi connectivity index (χ3n) is 2.96. The first-order valence-electron chi connectivity index (χ1n) is 5.38. The van der Waals surface area contributed by atoms with E-state index < -0.39 is 0 Å². The summed E-state index contributed by atoms with van der Waals surface area (Å²) >= 11 is 0. The minimum Gasteiger partial charge on any atom is -0.368 e. The van der Waals surface area contributed by atoms with Crippen molar-refractivity contribution in [3.8, 4) is 0 Å². The molecule has 0 aliphatic carbocycles. The fraction of sp³-hybridized carbons (Fsp3) is 0.800. The molecule has 0 spiro atoms. The van der Waals surface area contributed by atoms with Crippen molar-refractivity contribution >= 4 is 11.8 Å². The van der Waals surface area contributed by atoms with Gasteiger partial charge in [-0.2, -0.15) is 0 Å². The molecule has 0 aromatic rings. The minimum absolute atomic E-state index is 0.0211. The Labute approximate surface area is 90.0 Å². The number of primary amides is 1. The van der Waals surface area contributed by atoms with E-state index in [0.29, 0.717) is 6.42 Å². The number of carbonyl (C=O) groups is 2. The number of likely N-dealkylation sites (N-methyl/N-ethyl adjacent to an activating group) is 1. The predicted octanol–water partition coefficient (Wildman–Crippen LogP) is -0.539. The van der Waals surface area contributed by atoms with E-state index >= 15 is 0 Å². The third kappa shape index (κ3) is 2.47. The summed E-state index contributed by atoms with van der Waals surface area (Å²) in [6.07, 6.45) is 2.41. The topological polar surface area (TPSA) is 75.4 Å². The van der Waals surface area contributed by atoms with E-state index in [1.165, 1.54) is 0 Å². The van der Waals surface area contributed by atoms with Gasteiger partial charge >= 0.3 is 0 Å². The summed E-state index contributed by atoms with van der Waals surface area (Å²) in [5, 5.41) is 2.62. The molecule has 1 aliphatic heterocycles. The van der Waals surface area contributed by atoms with Crippen molar-refractivity contribution in [3.05, 3.63) is 0 Å². The SMILES string of the molecule is CCC(C(N)=O)N1CCCC1C(=O)NC. The van der Waals surface area contributed by atoms with Crippen LogP contribution in [0.3, 0.4) is 0 Å². The Bertz CT molecular complexity index is 255. The molecule has 0 radical (unpaired) electrons. The largest absolute Gasteiger partial charge is 0.368 e. The van der Waals surface area contributed by atoms with Gasteiger partial charge in [0, 0.05) is 7.05 Å². The highest BCUT2D eigenvalue weighted by molar-refractivity contribution is 5.84. The van der Waals surface area contributed by atoms with Gasteiger partial charge < -0.3 is 11.1 Å². The zero-order valence-electron chi connectivity index (χ0n) is 9.32. The molecule has 0 aromatic carbocycles. The van der Waals surface area contributed by atoms with Gasteiger partial charge in [0.25, 0.3) is 0 Å². The number of hydrogen-bond donors (Lipinski definition) is 2. The number of hydrogen-bond acceptors (Lipinski definition) is 3. The van der Waals surface area contributed by atoms with Gasteiger partial charge in [0.1, 0.15) is 0 Å². The van der Waals surface area contributed by atoms with E-state index in [0.717, 1.165) is 19.4 Å². The molecule has 2 atom stereocenters. The molecule has 1 heterocycles. The third-order valence-corrected chi connectivity index (χ3v) is 2.96. The van der Waals surface area contributed by atoms with Crippen molar-refractivity contribution in [2.75, 3.05) is 13.6 Å². The van der Waals surface area contributed by atoms with Crippen molar-refractivity contribution in [3.63, 3.8) is 0 Å². The lowest BCUT2D eigenvalue weighted by Crippen LogP contribution is -2.51. The molecule has 5 nitrogen and oxygen atoms in total. The van der Waals surface area contributed by atoms with Gasteiger partial charge in [0.2, 0.25) is 11.8 Å². The first-order valence-corrected chi connectivity index (χ1v) is 5.38. The van der Waals surface area contributed by atoms with Crippen molar-refractivity contribution in [2.24, 2.45) is 5.73 Å². The van der Waals surface area contributed by atoms with Crippen LogP contribution in [0.15, 0.2) is 0 Å². The summed E-state index contributed by atoms with van der Waals surface area (Å²) in [4.78, 5) is 24.7. The van der Waals surface area contributed by atoms with Crippen molar-refractivity contribution < 1.29 is 9.59 Å². The molecule has 0 aromatic heterocycles. The highest BCUT2D eigenvalue weighted by Crippen LogP contribution is 2.21. The van der Waals surface area contributed by atoms with E-state index in [9.17, 15) is 9.59 Å². The van der Waals surface area contributed by atoms with E-state index in [-0.39, 0.29) is 23.9 Å². The van der Waals surface area contributed by atoms with E-state index in [4.69, 9.17) is 5.73 Å². The summed E-state index contributed by atoms with van der Waals surface area (Å²) in [6.45, 7) is 2.69. The highest BCUT2D eigenvalue weighted by Gasteiger charge is 2.36. The molecule has 2 unspecified atom stereocenters. The van der Waals surface area contributed by atoms with Crippen molar-refractivity contribution in [1.82, 2.24) is 10.2 Å². The molecule has 1 rings (SSSR count). The Morgan fingerprint density at radius 2 is 2.27 bits per heavy atom. The van der Waals surface area contributed by atoms with Gasteiger partial charge in [0.05, 0.1) is 12.1 Å². The predicted molar refractivity (Wildman–Crippen MR) is 57.1 cm³/mol. The summed E-state index contributed by atoms with van der Waals surface area (Å²) in [5.41, 5.74) is 5.32. The fourth-order valence-electron chi connectivity index (χ4n) is 2.21. The second kappa shape index (κ2) is 5.11. The molecule has 1 fully saturated rings. The normalized spacial score (nSPS) is 23.7. The molecule has 2 amide bonds. The Morgan fingerprint density at radius 3 is 2.73 bits per heavy atom. The number of nitrogens with two attached hydrogens (primary N) is 1. The van der Waals surface area contributed by atoms with Crippen molar-refractivity contribution in [1.29, 1.82) is 0 Å². The van der Waals surface area contributed by atoms with Crippen LogP contribution in [0.2, 0.25) is 0 Å². The highest BCUT2D eigenvalue weighted by atomic mass is 16.2. The number of nitrogens with zero attached hydrogens (tertiary/aromatic N) is 1. The summed E-state index contributed by atoms with van der Waals surface area (Å²) in [7, 11) is 1.62. The molecule has 3 N–H and O–H groups in total. The van der Waals surface area contributed by atoms with Gasteiger partial charge in [-0.3, -0.25) is 14.5 Å². The first-order chi connectivity index (χ1) is 7.11. The van der Waals surface area contributed by atoms with Crippen LogP contribution >= 0.6 is 0 Å². The number of likely N-dealkylation sites (tertiary alicyclic amines) is 1. The minimum atomic E-state index is -0.340. The summed E-state index contributed by atoms with van der Waals surface area (Å²) in [5.74, 6) is -0.361. The Morgan fingerprint density at radius 1 is 1.60 bits per heavy atom. The maximum atomic E-state index is 11.6. The van der Waals surface area contributed by atoms with Gasteiger partial charge in [-0.1, -0.05) is 6.92 Å². The molecule has 86 valence electrons. The molecule has 5 heteroatoms. The number of amides is 2. The average Bonchev–Trinajstić information content (AvgIpc) is 2.66. The number of nitrogens with one attached hydrogen (secondary N) is 1. The van der Waals surface area contributed by atoms with Crippen LogP contribution in [0.25, 0.3) is 0 Å². The quantitative estimate of drug-likeness (QED) is 0.658. The maximum Gasteiger partial charge on any atom is 0.237 e. The average molecular weight is 213 g/mol. The molecular weight excluding hydrogens is 194 g/mol. The second-order valence-electron chi connectivity index (χ2n) is 3.84. The lowest BCUT2D eigenvalue weighted by Gasteiger charge is -2.29. The van der Waals surface area contributed by atoms with Crippen LogP contribution in [0.1, 0.15) is 26.2 Å². The molecule has 15 heavy (non-hydrogen) atoms. The van der Waals surface area contributed by atoms with Gasteiger partial charge in [-0.05, 0) is 25.8 Å².